The van der Waals surface area contributed by atoms with Crippen molar-refractivity contribution in [3.63, 3.8) is 0 Å². The number of thiophene rings is 4. The molecule has 6 aromatic rings. The summed E-state index contributed by atoms with van der Waals surface area (Å²) >= 11 is 13.3. The molecule has 208 valence electrons. The molecule has 0 aliphatic carbocycles. The second-order valence-corrected chi connectivity index (χ2v) is 18.8. The van der Waals surface area contributed by atoms with Crippen molar-refractivity contribution in [3.05, 3.63) is 106 Å². The first kappa shape index (κ1) is 29.4. The first-order chi connectivity index (χ1) is 19.7. The Labute approximate surface area is 272 Å². The molecule has 2 aromatic carbocycles. The number of rotatable bonds is 8. The molecule has 41 heavy (non-hydrogen) atoms. The minimum atomic E-state index is 1.33. The van der Waals surface area contributed by atoms with E-state index in [4.69, 9.17) is 0 Å². The van der Waals surface area contributed by atoms with Crippen molar-refractivity contribution in [2.45, 2.75) is 68.2 Å². The van der Waals surface area contributed by atoms with Gasteiger partial charge in [0.1, 0.15) is 0 Å². The number of hydrogen-bond donors (Lipinski definition) is 0. The van der Waals surface area contributed by atoms with E-state index >= 15 is 0 Å². The lowest BCUT2D eigenvalue weighted by Gasteiger charge is -2.09. The molecule has 0 N–H and O–H groups in total. The van der Waals surface area contributed by atoms with Crippen LogP contribution in [0.25, 0.3) is 19.5 Å². The molecule has 0 unspecified atom stereocenters. The van der Waals surface area contributed by atoms with E-state index in [-0.39, 0.29) is 0 Å². The summed E-state index contributed by atoms with van der Waals surface area (Å²) in [4.78, 5) is 8.16. The zero-order chi connectivity index (χ0) is 28.7. The Morgan fingerprint density at radius 3 is 0.927 bits per heavy atom. The van der Waals surface area contributed by atoms with Crippen molar-refractivity contribution >= 4 is 80.6 Å². The van der Waals surface area contributed by atoms with Crippen molar-refractivity contribution in [2.75, 3.05) is 0 Å². The monoisotopic (exact) mass is 662 g/mol. The van der Waals surface area contributed by atoms with Crippen LogP contribution < -0.4 is 0 Å². The maximum atomic E-state index is 2.28. The largest absolute Gasteiger partial charge is 0.128 e. The Hall–Kier alpha value is -1.71. The SMILES string of the molecule is Cc1cc(C)c(Sc2ccc(-c3ccc(Sc4ccc(-c5ccc(Sc6c(C)cc(C)cc6C)s5)s4)s3)s2)c(C)c1. The first-order valence-corrected chi connectivity index (χ1v) is 19.0. The average molecular weight is 663 g/mol. The lowest BCUT2D eigenvalue weighted by molar-refractivity contribution is 1.19. The van der Waals surface area contributed by atoms with Crippen LogP contribution >= 0.6 is 80.6 Å². The summed E-state index contributed by atoms with van der Waals surface area (Å²) in [7, 11) is 0. The van der Waals surface area contributed by atoms with Gasteiger partial charge in [0.25, 0.3) is 0 Å². The summed E-state index contributed by atoms with van der Waals surface area (Å²) in [6.45, 7) is 13.2. The fraction of sp³-hybridized carbons (Fsp3) is 0.176. The van der Waals surface area contributed by atoms with Crippen molar-refractivity contribution in [3.8, 4) is 19.5 Å². The molecule has 6 rings (SSSR count). The van der Waals surface area contributed by atoms with E-state index in [1.807, 2.05) is 80.6 Å². The summed E-state index contributed by atoms with van der Waals surface area (Å²) < 4.78 is 5.38. The van der Waals surface area contributed by atoms with Crippen LogP contribution in [-0.2, 0) is 0 Å². The molecule has 0 aliphatic rings. The molecule has 4 aromatic heterocycles. The van der Waals surface area contributed by atoms with Gasteiger partial charge in [0.05, 0.1) is 16.8 Å². The highest BCUT2D eigenvalue weighted by Gasteiger charge is 2.14. The van der Waals surface area contributed by atoms with Crippen LogP contribution in [0.2, 0.25) is 0 Å². The van der Waals surface area contributed by atoms with E-state index < -0.39 is 0 Å². The van der Waals surface area contributed by atoms with Crippen molar-refractivity contribution in [1.82, 2.24) is 0 Å². The van der Waals surface area contributed by atoms with E-state index in [1.165, 1.54) is 79.5 Å². The van der Waals surface area contributed by atoms with Gasteiger partial charge in [0.2, 0.25) is 0 Å². The summed E-state index contributed by atoms with van der Waals surface area (Å²) in [5, 5.41) is 0. The summed E-state index contributed by atoms with van der Waals surface area (Å²) in [6.07, 6.45) is 0. The molecule has 0 fully saturated rings. The summed E-state index contributed by atoms with van der Waals surface area (Å²) in [5.41, 5.74) is 8.12. The van der Waals surface area contributed by atoms with Gasteiger partial charge in [-0.15, -0.1) is 45.3 Å². The third kappa shape index (κ3) is 6.77. The van der Waals surface area contributed by atoms with Gasteiger partial charge in [-0.3, -0.25) is 0 Å². The Kier molecular flexibility index (Phi) is 8.95. The molecule has 0 aliphatic heterocycles. The van der Waals surface area contributed by atoms with Crippen LogP contribution in [0, 0.1) is 41.5 Å². The van der Waals surface area contributed by atoms with Crippen molar-refractivity contribution < 1.29 is 0 Å². The first-order valence-electron chi connectivity index (χ1n) is 13.3. The highest BCUT2D eigenvalue weighted by atomic mass is 32.2. The summed E-state index contributed by atoms with van der Waals surface area (Å²) in [5.74, 6) is 0. The van der Waals surface area contributed by atoms with E-state index in [0.717, 1.165) is 0 Å². The third-order valence-corrected chi connectivity index (χ3v) is 15.6. The molecule has 0 radical (unpaired) electrons. The van der Waals surface area contributed by atoms with E-state index in [2.05, 4.69) is 114 Å². The average Bonchev–Trinajstić information content (AvgIpc) is 3.71. The van der Waals surface area contributed by atoms with Gasteiger partial charge in [-0.25, -0.2) is 0 Å². The normalized spacial score (nSPS) is 11.5. The Bertz CT molecular complexity index is 1660. The molecule has 0 nitrogen and oxygen atoms in total. The molecule has 7 heteroatoms. The molecule has 0 bridgehead atoms. The predicted octanol–water partition coefficient (Wildman–Crippen LogP) is 13.6. The van der Waals surface area contributed by atoms with Gasteiger partial charge in [0, 0.05) is 29.3 Å². The fourth-order valence-corrected chi connectivity index (χ4v) is 13.1. The molecule has 0 atom stereocenters. The van der Waals surface area contributed by atoms with Crippen LogP contribution in [0.4, 0.5) is 0 Å². The summed E-state index contributed by atoms with van der Waals surface area (Å²) in [6, 6.07) is 27.4. The molecule has 0 saturated carbocycles. The van der Waals surface area contributed by atoms with Gasteiger partial charge in [-0.2, -0.15) is 0 Å². The molecule has 0 spiro atoms. The topological polar surface area (TPSA) is 0 Å². The van der Waals surface area contributed by atoms with Crippen LogP contribution in [0.5, 0.6) is 0 Å². The van der Waals surface area contributed by atoms with Crippen LogP contribution in [-0.4, -0.2) is 0 Å². The van der Waals surface area contributed by atoms with Crippen LogP contribution in [0.3, 0.4) is 0 Å². The van der Waals surface area contributed by atoms with Crippen molar-refractivity contribution in [2.24, 2.45) is 0 Å². The zero-order valence-electron chi connectivity index (χ0n) is 23.8. The zero-order valence-corrected chi connectivity index (χ0v) is 29.5. The van der Waals surface area contributed by atoms with E-state index in [1.54, 1.807) is 0 Å². The van der Waals surface area contributed by atoms with E-state index in [0.29, 0.717) is 0 Å². The lowest BCUT2D eigenvalue weighted by atomic mass is 10.1. The number of benzene rings is 2. The lowest BCUT2D eigenvalue weighted by Crippen LogP contribution is -1.86. The second kappa shape index (κ2) is 12.5. The molecule has 0 amide bonds. The molecule has 0 saturated heterocycles. The molecular formula is C34H30S7. The number of aryl methyl sites for hydroxylation is 6. The smallest absolute Gasteiger partial charge is 0.0661 e. The predicted molar refractivity (Wildman–Crippen MR) is 189 cm³/mol. The quantitative estimate of drug-likeness (QED) is 0.159. The van der Waals surface area contributed by atoms with Gasteiger partial charge in [-0.1, -0.05) is 70.7 Å². The van der Waals surface area contributed by atoms with E-state index in [9.17, 15) is 0 Å². The molecular weight excluding hydrogens is 633 g/mol. The minimum absolute atomic E-state index is 1.33. The highest BCUT2D eigenvalue weighted by molar-refractivity contribution is 8.03. The Morgan fingerprint density at radius 2 is 0.634 bits per heavy atom. The minimum Gasteiger partial charge on any atom is -0.128 e. The van der Waals surface area contributed by atoms with Gasteiger partial charge < -0.3 is 0 Å². The Morgan fingerprint density at radius 1 is 0.366 bits per heavy atom. The van der Waals surface area contributed by atoms with Gasteiger partial charge in [-0.05, 0) is 112 Å². The molecule has 4 heterocycles. The van der Waals surface area contributed by atoms with Crippen LogP contribution in [0.15, 0.2) is 99.4 Å². The third-order valence-electron chi connectivity index (χ3n) is 6.63. The second-order valence-electron chi connectivity index (χ2n) is 10.2. The standard InChI is InChI=1S/C34H30S7/c1-19-15-21(3)33(22(4)16-19)40-31-13-9-27(37-31)25-7-11-29(35-25)39-30-12-8-26(36-30)28-10-14-32(38-28)41-34-23(5)17-20(2)18-24(34)6/h7-18H,1-6H3. The van der Waals surface area contributed by atoms with Crippen molar-refractivity contribution in [1.29, 1.82) is 0 Å². The fourth-order valence-electron chi connectivity index (χ4n) is 4.99. The highest BCUT2D eigenvalue weighted by Crippen LogP contribution is 2.47. The van der Waals surface area contributed by atoms with Crippen LogP contribution in [0.1, 0.15) is 33.4 Å². The Balaban J connectivity index is 1.12. The maximum Gasteiger partial charge on any atom is 0.0661 e. The van der Waals surface area contributed by atoms with Gasteiger partial charge >= 0.3 is 0 Å². The number of hydrogen-bond acceptors (Lipinski definition) is 7. The van der Waals surface area contributed by atoms with Gasteiger partial charge in [0.15, 0.2) is 0 Å². The maximum absolute atomic E-state index is 2.28.